The highest BCUT2D eigenvalue weighted by Gasteiger charge is 2.61. The van der Waals surface area contributed by atoms with Gasteiger partial charge < -0.3 is 25.4 Å². The third-order valence-corrected chi connectivity index (χ3v) is 10.6. The number of nitrogens with one attached hydrogen (secondary N) is 2. The van der Waals surface area contributed by atoms with Crippen LogP contribution in [0.1, 0.15) is 71.8 Å². The second-order valence-corrected chi connectivity index (χ2v) is 15.4. The van der Waals surface area contributed by atoms with Gasteiger partial charge in [0.1, 0.15) is 33.2 Å². The van der Waals surface area contributed by atoms with Crippen molar-refractivity contribution in [3.05, 3.63) is 51.9 Å². The smallest absolute Gasteiger partial charge is 0.408 e. The van der Waals surface area contributed by atoms with Crippen LogP contribution in [-0.4, -0.2) is 83.4 Å². The number of aromatic nitrogens is 4. The summed E-state index contributed by atoms with van der Waals surface area (Å²) in [6.07, 6.45) is 11.2. The molecule has 5 atom stereocenters. The molecule has 260 valence electrons. The van der Waals surface area contributed by atoms with E-state index in [0.29, 0.717) is 34.0 Å². The first-order chi connectivity index (χ1) is 23.4. The number of hydrogen-bond acceptors (Lipinski definition) is 11. The van der Waals surface area contributed by atoms with Crippen LogP contribution in [0.15, 0.2) is 46.3 Å². The normalized spacial score (nSPS) is 26.1. The van der Waals surface area contributed by atoms with E-state index in [9.17, 15) is 29.1 Å². The molecule has 3 aromatic rings. The van der Waals surface area contributed by atoms with Crippen LogP contribution in [0.2, 0.25) is 0 Å². The number of ether oxygens (including phenoxy) is 1. The summed E-state index contributed by atoms with van der Waals surface area (Å²) in [5.41, 5.74) is -1.93. The number of carboxylic acid groups (broad SMARTS) is 1. The SMILES string of the molecule is CC(C)(C)OC(=O)N[C@H]1CCCCCC=CC2C[C@@]2(C(=O)O)NC(=O)[C@@H]2C[C@@H](n3ncc(-c4nccs4)c(-c4nccs4)c3=O)CN2C1=O. The van der Waals surface area contributed by atoms with Gasteiger partial charge in [-0.2, -0.15) is 5.10 Å². The molecule has 2 aliphatic heterocycles. The first-order valence-electron chi connectivity index (χ1n) is 16.3. The highest BCUT2D eigenvalue weighted by Crippen LogP contribution is 2.45. The van der Waals surface area contributed by atoms with Crippen molar-refractivity contribution in [2.24, 2.45) is 5.92 Å². The minimum atomic E-state index is -1.49. The lowest BCUT2D eigenvalue weighted by Gasteiger charge is -2.30. The molecule has 3 aliphatic rings. The lowest BCUT2D eigenvalue weighted by atomic mass is 10.0. The number of amides is 3. The fourth-order valence-corrected chi connectivity index (χ4v) is 7.85. The summed E-state index contributed by atoms with van der Waals surface area (Å²) < 4.78 is 6.73. The van der Waals surface area contributed by atoms with Gasteiger partial charge in [-0.3, -0.25) is 14.4 Å². The molecule has 3 amide bonds. The van der Waals surface area contributed by atoms with Gasteiger partial charge in [0.05, 0.1) is 17.8 Å². The fraction of sp³-hybridized carbons (Fsp3) is 0.515. The molecule has 16 heteroatoms. The van der Waals surface area contributed by atoms with Crippen molar-refractivity contribution in [1.82, 2.24) is 35.3 Å². The minimum absolute atomic E-state index is 0.00620. The van der Waals surface area contributed by atoms with Crippen molar-refractivity contribution in [3.8, 4) is 21.1 Å². The van der Waals surface area contributed by atoms with Gasteiger partial charge in [-0.25, -0.2) is 24.2 Å². The number of carboxylic acids is 1. The number of fused-ring (bicyclic) bond motifs is 2. The molecular formula is C33H39N7O7S2. The molecule has 3 N–H and O–H groups in total. The number of allylic oxidation sites excluding steroid dienone is 1. The lowest BCUT2D eigenvalue weighted by Crippen LogP contribution is -2.56. The molecule has 1 unspecified atom stereocenters. The van der Waals surface area contributed by atoms with E-state index in [0.717, 1.165) is 19.3 Å². The van der Waals surface area contributed by atoms with E-state index in [1.165, 1.54) is 32.3 Å². The number of carbonyl (C=O) groups excluding carboxylic acids is 3. The van der Waals surface area contributed by atoms with Gasteiger partial charge in [-0.15, -0.1) is 22.7 Å². The summed E-state index contributed by atoms with van der Waals surface area (Å²) in [6.45, 7) is 5.08. The van der Waals surface area contributed by atoms with Gasteiger partial charge in [-0.1, -0.05) is 25.0 Å². The Morgan fingerprint density at radius 1 is 1.08 bits per heavy atom. The summed E-state index contributed by atoms with van der Waals surface area (Å²) in [7, 11) is 0. The second-order valence-electron chi connectivity index (χ2n) is 13.6. The van der Waals surface area contributed by atoms with Crippen LogP contribution >= 0.6 is 22.7 Å². The molecule has 3 aromatic heterocycles. The molecule has 1 saturated heterocycles. The first-order valence-corrected chi connectivity index (χ1v) is 18.1. The highest BCUT2D eigenvalue weighted by molar-refractivity contribution is 7.14. The van der Waals surface area contributed by atoms with E-state index in [1.807, 2.05) is 12.2 Å². The Morgan fingerprint density at radius 2 is 1.82 bits per heavy atom. The minimum Gasteiger partial charge on any atom is -0.479 e. The molecule has 0 bridgehead atoms. The number of nitrogens with zero attached hydrogens (tertiary/aromatic N) is 5. The summed E-state index contributed by atoms with van der Waals surface area (Å²) in [6, 6.07) is -2.90. The number of thiazole rings is 2. The van der Waals surface area contributed by atoms with E-state index < -0.39 is 58.7 Å². The second kappa shape index (κ2) is 13.8. The summed E-state index contributed by atoms with van der Waals surface area (Å²) in [5.74, 6) is -2.70. The van der Waals surface area contributed by atoms with Crippen LogP contribution in [0.3, 0.4) is 0 Å². The summed E-state index contributed by atoms with van der Waals surface area (Å²) in [5, 5.41) is 24.8. The fourth-order valence-electron chi connectivity index (χ4n) is 6.50. The molecule has 0 aromatic carbocycles. The predicted octanol–water partition coefficient (Wildman–Crippen LogP) is 4.01. The van der Waals surface area contributed by atoms with E-state index in [1.54, 1.807) is 50.1 Å². The zero-order chi connectivity index (χ0) is 34.9. The molecule has 14 nitrogen and oxygen atoms in total. The Morgan fingerprint density at radius 3 is 2.49 bits per heavy atom. The van der Waals surface area contributed by atoms with Crippen LogP contribution in [0.5, 0.6) is 0 Å². The van der Waals surface area contributed by atoms with Gasteiger partial charge in [0.2, 0.25) is 11.8 Å². The van der Waals surface area contributed by atoms with Crippen molar-refractivity contribution < 1.29 is 29.0 Å². The van der Waals surface area contributed by atoms with Crippen LogP contribution in [0.25, 0.3) is 21.1 Å². The van der Waals surface area contributed by atoms with Crippen LogP contribution in [-0.2, 0) is 19.1 Å². The average Bonchev–Trinajstić information content (AvgIpc) is 3.56. The highest BCUT2D eigenvalue weighted by atomic mass is 32.1. The number of rotatable bonds is 5. The monoisotopic (exact) mass is 709 g/mol. The Hall–Kier alpha value is -4.44. The zero-order valence-corrected chi connectivity index (χ0v) is 29.1. The summed E-state index contributed by atoms with van der Waals surface area (Å²) >= 11 is 2.65. The molecule has 6 rings (SSSR count). The third-order valence-electron chi connectivity index (χ3n) is 8.99. The van der Waals surface area contributed by atoms with Crippen molar-refractivity contribution >= 4 is 46.6 Å². The lowest BCUT2D eigenvalue weighted by molar-refractivity contribution is -0.145. The molecule has 5 heterocycles. The van der Waals surface area contributed by atoms with E-state index in [2.05, 4.69) is 25.7 Å². The maximum Gasteiger partial charge on any atom is 0.408 e. The quantitative estimate of drug-likeness (QED) is 0.327. The Labute approximate surface area is 290 Å². The average molecular weight is 710 g/mol. The molecule has 49 heavy (non-hydrogen) atoms. The topological polar surface area (TPSA) is 186 Å². The summed E-state index contributed by atoms with van der Waals surface area (Å²) in [4.78, 5) is 78.1. The van der Waals surface area contributed by atoms with Gasteiger partial charge in [-0.05, 0) is 46.5 Å². The predicted molar refractivity (Wildman–Crippen MR) is 182 cm³/mol. The van der Waals surface area contributed by atoms with E-state index >= 15 is 0 Å². The zero-order valence-electron chi connectivity index (χ0n) is 27.5. The number of aliphatic carboxylic acids is 1. The number of carbonyl (C=O) groups is 4. The van der Waals surface area contributed by atoms with Crippen LogP contribution in [0, 0.1) is 5.92 Å². The van der Waals surface area contributed by atoms with Crippen LogP contribution in [0.4, 0.5) is 4.79 Å². The van der Waals surface area contributed by atoms with Crippen molar-refractivity contribution in [3.63, 3.8) is 0 Å². The van der Waals surface area contributed by atoms with Crippen molar-refractivity contribution in [1.29, 1.82) is 0 Å². The molecule has 0 spiro atoms. The largest absolute Gasteiger partial charge is 0.479 e. The molecule has 1 aliphatic carbocycles. The van der Waals surface area contributed by atoms with Crippen molar-refractivity contribution in [2.45, 2.75) is 95.0 Å². The van der Waals surface area contributed by atoms with E-state index in [4.69, 9.17) is 4.74 Å². The van der Waals surface area contributed by atoms with Gasteiger partial charge in [0.25, 0.3) is 5.56 Å². The van der Waals surface area contributed by atoms with Crippen LogP contribution < -0.4 is 16.2 Å². The molecule has 0 radical (unpaired) electrons. The Balaban J connectivity index is 1.38. The number of alkyl carbamates (subject to hydrolysis) is 1. The first kappa shape index (κ1) is 34.4. The Kier molecular flexibility index (Phi) is 9.71. The molecule has 1 saturated carbocycles. The van der Waals surface area contributed by atoms with Gasteiger partial charge >= 0.3 is 12.1 Å². The number of hydrogen-bond donors (Lipinski definition) is 3. The van der Waals surface area contributed by atoms with E-state index in [-0.39, 0.29) is 25.3 Å². The van der Waals surface area contributed by atoms with Gasteiger partial charge in [0.15, 0.2) is 0 Å². The Bertz CT molecular complexity index is 1800. The standard InChI is InChI=1S/C33H39N7O7S2/c1-32(2,3)47-31(46)37-22-10-8-6-4-5-7-9-19-16-33(19,30(44)45)38-25(41)23-15-20(18-39(23)28(22)42)40-29(43)24(27-35-12-14-49-27)21(17-36-40)26-34-11-13-48-26/h7,9,11-14,17,19-20,22-23H,4-6,8,10,15-16,18H2,1-3H3,(H,37,46)(H,38,41)(H,44,45)/t19?,20-,22+,23+,33-/m1/s1. The third kappa shape index (κ3) is 7.29. The molecular weight excluding hydrogens is 671 g/mol. The maximum absolute atomic E-state index is 14.4. The maximum atomic E-state index is 14.4. The molecule has 2 fully saturated rings. The van der Waals surface area contributed by atoms with Crippen molar-refractivity contribution in [2.75, 3.05) is 6.54 Å². The van der Waals surface area contributed by atoms with Gasteiger partial charge in [0, 0.05) is 47.6 Å².